The summed E-state index contributed by atoms with van der Waals surface area (Å²) in [6.45, 7) is 1.92. The van der Waals surface area contributed by atoms with E-state index in [0.717, 1.165) is 22.3 Å². The minimum Gasteiger partial charge on any atom is -0.493 e. The second-order valence-electron chi connectivity index (χ2n) is 5.81. The number of carbonyl (C=O) groups is 1. The van der Waals surface area contributed by atoms with Gasteiger partial charge in [0.2, 0.25) is 0 Å². The van der Waals surface area contributed by atoms with Crippen molar-refractivity contribution in [1.82, 2.24) is 10.3 Å². The number of para-hydroxylation sites is 1. The molecule has 1 amide bonds. The van der Waals surface area contributed by atoms with Gasteiger partial charge in [-0.25, -0.2) is 0 Å². The Hall–Kier alpha value is -3.19. The largest absolute Gasteiger partial charge is 0.493 e. The van der Waals surface area contributed by atoms with Gasteiger partial charge in [0, 0.05) is 16.6 Å². The number of benzene rings is 2. The topological polar surface area (TPSA) is 72.5 Å². The molecular formula is C20H19N3O3S. The summed E-state index contributed by atoms with van der Waals surface area (Å²) in [6, 6.07) is 14.6. The summed E-state index contributed by atoms with van der Waals surface area (Å²) in [5.74, 6) is 0.669. The predicted molar refractivity (Wildman–Crippen MR) is 110 cm³/mol. The number of hydrogen-bond acceptors (Lipinski definition) is 5. The number of nitrogens with zero attached hydrogens (tertiary/aromatic N) is 1. The van der Waals surface area contributed by atoms with E-state index in [1.165, 1.54) is 14.2 Å². The van der Waals surface area contributed by atoms with Crippen LogP contribution in [0, 0.1) is 6.92 Å². The molecule has 0 aliphatic heterocycles. The third-order valence-corrected chi connectivity index (χ3v) is 4.18. The Bertz CT molecular complexity index is 1020. The number of carbonyl (C=O) groups excluding carboxylic acids is 1. The number of pyridine rings is 1. The molecule has 3 aromatic rings. The minimum absolute atomic E-state index is 0.186. The molecule has 1 heterocycles. The fraction of sp³-hybridized carbons (Fsp3) is 0.150. The quantitative estimate of drug-likeness (QED) is 0.672. The molecule has 1 aromatic heterocycles. The number of methoxy groups -OCH3 is 2. The molecule has 0 spiro atoms. The Labute approximate surface area is 162 Å². The summed E-state index contributed by atoms with van der Waals surface area (Å²) >= 11 is 5.29. The van der Waals surface area contributed by atoms with E-state index in [-0.39, 0.29) is 11.0 Å². The number of rotatable bonds is 4. The number of anilines is 1. The summed E-state index contributed by atoms with van der Waals surface area (Å²) < 4.78 is 10.4. The van der Waals surface area contributed by atoms with Gasteiger partial charge < -0.3 is 14.8 Å². The predicted octanol–water partition coefficient (Wildman–Crippen LogP) is 3.69. The third kappa shape index (κ3) is 4.15. The van der Waals surface area contributed by atoms with Gasteiger partial charge in [0.15, 0.2) is 16.6 Å². The SMILES string of the molecule is COc1ccc(C(=O)NC(=S)Nc2cccc3ccc(C)nc23)cc1OC. The normalized spacial score (nSPS) is 10.3. The number of nitrogens with one attached hydrogen (secondary N) is 2. The van der Waals surface area contributed by atoms with Gasteiger partial charge >= 0.3 is 0 Å². The number of ether oxygens (including phenoxy) is 2. The van der Waals surface area contributed by atoms with E-state index in [1.807, 2.05) is 37.3 Å². The Morgan fingerprint density at radius 1 is 1.04 bits per heavy atom. The van der Waals surface area contributed by atoms with Gasteiger partial charge in [0.1, 0.15) is 0 Å². The van der Waals surface area contributed by atoms with Gasteiger partial charge in [-0.2, -0.15) is 0 Å². The van der Waals surface area contributed by atoms with Crippen LogP contribution in [0.25, 0.3) is 10.9 Å². The molecule has 138 valence electrons. The molecule has 0 aliphatic carbocycles. The van der Waals surface area contributed by atoms with Crippen molar-refractivity contribution >= 4 is 39.8 Å². The summed E-state index contributed by atoms with van der Waals surface area (Å²) in [6.07, 6.45) is 0. The number of hydrogen-bond donors (Lipinski definition) is 2. The molecule has 2 N–H and O–H groups in total. The van der Waals surface area contributed by atoms with Crippen LogP contribution in [-0.2, 0) is 0 Å². The molecule has 0 aliphatic rings. The van der Waals surface area contributed by atoms with Crippen LogP contribution in [0.5, 0.6) is 11.5 Å². The first-order chi connectivity index (χ1) is 13.0. The van der Waals surface area contributed by atoms with E-state index in [2.05, 4.69) is 15.6 Å². The Morgan fingerprint density at radius 2 is 1.81 bits per heavy atom. The number of aromatic nitrogens is 1. The smallest absolute Gasteiger partial charge is 0.257 e. The Kier molecular flexibility index (Phi) is 5.52. The zero-order chi connectivity index (χ0) is 19.4. The lowest BCUT2D eigenvalue weighted by atomic mass is 10.1. The summed E-state index contributed by atoms with van der Waals surface area (Å²) in [4.78, 5) is 17.0. The van der Waals surface area contributed by atoms with E-state index < -0.39 is 0 Å². The molecule has 0 radical (unpaired) electrons. The van der Waals surface area contributed by atoms with Crippen LogP contribution in [0.4, 0.5) is 5.69 Å². The van der Waals surface area contributed by atoms with E-state index in [0.29, 0.717) is 17.1 Å². The van der Waals surface area contributed by atoms with Crippen molar-refractivity contribution in [2.75, 3.05) is 19.5 Å². The van der Waals surface area contributed by atoms with Crippen LogP contribution in [0.1, 0.15) is 16.1 Å². The fourth-order valence-electron chi connectivity index (χ4n) is 2.65. The van der Waals surface area contributed by atoms with Crippen LogP contribution in [0.15, 0.2) is 48.5 Å². The van der Waals surface area contributed by atoms with Gasteiger partial charge in [0.25, 0.3) is 5.91 Å². The second kappa shape index (κ2) is 8.01. The van der Waals surface area contributed by atoms with Crippen LogP contribution in [0.3, 0.4) is 0 Å². The zero-order valence-corrected chi connectivity index (χ0v) is 16.0. The highest BCUT2D eigenvalue weighted by Crippen LogP contribution is 2.27. The van der Waals surface area contributed by atoms with Crippen LogP contribution >= 0.6 is 12.2 Å². The van der Waals surface area contributed by atoms with E-state index in [1.54, 1.807) is 18.2 Å². The number of fused-ring (bicyclic) bond motifs is 1. The van der Waals surface area contributed by atoms with Crippen molar-refractivity contribution in [2.24, 2.45) is 0 Å². The highest BCUT2D eigenvalue weighted by molar-refractivity contribution is 7.80. The van der Waals surface area contributed by atoms with Crippen LogP contribution < -0.4 is 20.1 Å². The van der Waals surface area contributed by atoms with Crippen molar-refractivity contribution in [3.8, 4) is 11.5 Å². The van der Waals surface area contributed by atoms with Crippen molar-refractivity contribution in [3.05, 3.63) is 59.8 Å². The van der Waals surface area contributed by atoms with E-state index >= 15 is 0 Å². The second-order valence-corrected chi connectivity index (χ2v) is 6.22. The first kappa shape index (κ1) is 18.6. The van der Waals surface area contributed by atoms with Crippen LogP contribution in [-0.4, -0.2) is 30.2 Å². The van der Waals surface area contributed by atoms with Gasteiger partial charge in [-0.1, -0.05) is 18.2 Å². The van der Waals surface area contributed by atoms with E-state index in [9.17, 15) is 4.79 Å². The lowest BCUT2D eigenvalue weighted by molar-refractivity contribution is 0.0977. The zero-order valence-electron chi connectivity index (χ0n) is 15.2. The molecule has 0 fully saturated rings. The molecule has 2 aromatic carbocycles. The molecule has 0 unspecified atom stereocenters. The lowest BCUT2D eigenvalue weighted by Gasteiger charge is -2.13. The lowest BCUT2D eigenvalue weighted by Crippen LogP contribution is -2.34. The van der Waals surface area contributed by atoms with E-state index in [4.69, 9.17) is 21.7 Å². The highest BCUT2D eigenvalue weighted by atomic mass is 32.1. The van der Waals surface area contributed by atoms with Crippen molar-refractivity contribution in [3.63, 3.8) is 0 Å². The average molecular weight is 381 g/mol. The number of aryl methyl sites for hydroxylation is 1. The first-order valence-electron chi connectivity index (χ1n) is 8.22. The fourth-order valence-corrected chi connectivity index (χ4v) is 2.85. The standard InChI is InChI=1S/C20H19N3O3S/c1-12-7-8-13-5-4-6-15(18(13)21-12)22-20(27)23-19(24)14-9-10-16(25-2)17(11-14)26-3/h4-11H,1-3H3,(H2,22,23,24,27). The average Bonchev–Trinajstić information content (AvgIpc) is 2.67. The maximum absolute atomic E-state index is 12.5. The maximum Gasteiger partial charge on any atom is 0.257 e. The Balaban J connectivity index is 1.76. The van der Waals surface area contributed by atoms with Crippen molar-refractivity contribution in [1.29, 1.82) is 0 Å². The van der Waals surface area contributed by atoms with Crippen molar-refractivity contribution in [2.45, 2.75) is 6.92 Å². The first-order valence-corrected chi connectivity index (χ1v) is 8.63. The summed E-state index contributed by atoms with van der Waals surface area (Å²) in [7, 11) is 3.05. The summed E-state index contributed by atoms with van der Waals surface area (Å²) in [5, 5.41) is 6.89. The van der Waals surface area contributed by atoms with Crippen molar-refractivity contribution < 1.29 is 14.3 Å². The van der Waals surface area contributed by atoms with Gasteiger partial charge in [-0.15, -0.1) is 0 Å². The minimum atomic E-state index is -0.349. The van der Waals surface area contributed by atoms with Gasteiger partial charge in [0.05, 0.1) is 25.4 Å². The van der Waals surface area contributed by atoms with Crippen LogP contribution in [0.2, 0.25) is 0 Å². The molecule has 7 heteroatoms. The van der Waals surface area contributed by atoms with Gasteiger partial charge in [-0.05, 0) is 49.5 Å². The molecule has 27 heavy (non-hydrogen) atoms. The number of amides is 1. The Morgan fingerprint density at radius 3 is 2.56 bits per heavy atom. The molecule has 0 saturated carbocycles. The maximum atomic E-state index is 12.5. The molecule has 0 bridgehead atoms. The van der Waals surface area contributed by atoms with Gasteiger partial charge in [-0.3, -0.25) is 15.1 Å². The summed E-state index contributed by atoms with van der Waals surface area (Å²) in [5.41, 5.74) is 2.83. The highest BCUT2D eigenvalue weighted by Gasteiger charge is 2.13. The molecule has 6 nitrogen and oxygen atoms in total. The molecule has 0 saturated heterocycles. The molecule has 0 atom stereocenters. The number of thiocarbonyl (C=S) groups is 1. The molecule has 3 rings (SSSR count). The molecular weight excluding hydrogens is 362 g/mol. The monoisotopic (exact) mass is 381 g/mol. The third-order valence-electron chi connectivity index (χ3n) is 3.98.